The predicted octanol–water partition coefficient (Wildman–Crippen LogP) is 1.01. The molecule has 7 nitrogen and oxygen atoms in total. The molecule has 1 aromatic carbocycles. The van der Waals surface area contributed by atoms with Crippen molar-refractivity contribution in [2.24, 2.45) is 0 Å². The van der Waals surface area contributed by atoms with Gasteiger partial charge >= 0.3 is 0 Å². The molecule has 2 aromatic rings. The third-order valence-electron chi connectivity index (χ3n) is 2.72. The summed E-state index contributed by atoms with van der Waals surface area (Å²) in [4.78, 5) is 33.1. The molecule has 7 heteroatoms. The molecule has 1 heterocycles. The fourth-order valence-corrected chi connectivity index (χ4v) is 1.70. The maximum absolute atomic E-state index is 12.1. The Morgan fingerprint density at radius 1 is 1.19 bits per heavy atom. The standard InChI is InChI=1S/C14H15N5O2/c1-19(2)14(21)9-4-3-5-10(8-9)18-13(20)11-12(15)17-7-6-16-11/h3-8H,1-2H3,(H2,15,17)(H,18,20). The smallest absolute Gasteiger partial charge is 0.278 e. The Morgan fingerprint density at radius 2 is 1.90 bits per heavy atom. The number of carbonyl (C=O) groups is 2. The zero-order valence-electron chi connectivity index (χ0n) is 11.7. The van der Waals surface area contributed by atoms with Crippen LogP contribution < -0.4 is 11.1 Å². The van der Waals surface area contributed by atoms with Crippen LogP contribution in [0.2, 0.25) is 0 Å². The van der Waals surface area contributed by atoms with Crippen LogP contribution in [0.3, 0.4) is 0 Å². The second-order valence-corrected chi connectivity index (χ2v) is 4.52. The summed E-state index contributed by atoms with van der Waals surface area (Å²) in [5.41, 5.74) is 6.60. The largest absolute Gasteiger partial charge is 0.382 e. The van der Waals surface area contributed by atoms with Gasteiger partial charge in [-0.3, -0.25) is 9.59 Å². The third kappa shape index (κ3) is 3.33. The van der Waals surface area contributed by atoms with E-state index in [1.165, 1.54) is 17.3 Å². The molecule has 0 fully saturated rings. The molecule has 0 radical (unpaired) electrons. The second kappa shape index (κ2) is 6.00. The minimum atomic E-state index is -0.477. The first-order valence-corrected chi connectivity index (χ1v) is 6.18. The summed E-state index contributed by atoms with van der Waals surface area (Å²) < 4.78 is 0. The SMILES string of the molecule is CN(C)C(=O)c1cccc(NC(=O)c2nccnc2N)c1. The van der Waals surface area contributed by atoms with Gasteiger partial charge in [-0.05, 0) is 18.2 Å². The average Bonchev–Trinajstić information content (AvgIpc) is 2.47. The highest BCUT2D eigenvalue weighted by Gasteiger charge is 2.13. The fourth-order valence-electron chi connectivity index (χ4n) is 1.70. The van der Waals surface area contributed by atoms with Crippen LogP contribution in [0, 0.1) is 0 Å². The van der Waals surface area contributed by atoms with Gasteiger partial charge < -0.3 is 16.0 Å². The molecule has 3 N–H and O–H groups in total. The zero-order valence-corrected chi connectivity index (χ0v) is 11.7. The molecule has 21 heavy (non-hydrogen) atoms. The van der Waals surface area contributed by atoms with E-state index in [-0.39, 0.29) is 17.4 Å². The van der Waals surface area contributed by atoms with E-state index in [0.717, 1.165) is 0 Å². The van der Waals surface area contributed by atoms with Crippen molar-refractivity contribution in [3.8, 4) is 0 Å². The molecule has 0 aliphatic rings. The second-order valence-electron chi connectivity index (χ2n) is 4.52. The first-order chi connectivity index (χ1) is 9.99. The van der Waals surface area contributed by atoms with Crippen LogP contribution in [-0.2, 0) is 0 Å². The maximum Gasteiger partial charge on any atom is 0.278 e. The lowest BCUT2D eigenvalue weighted by atomic mass is 10.2. The number of nitrogens with one attached hydrogen (secondary N) is 1. The Balaban J connectivity index is 2.21. The molecule has 2 rings (SSSR count). The Morgan fingerprint density at radius 3 is 2.57 bits per heavy atom. The number of rotatable bonds is 3. The van der Waals surface area contributed by atoms with Crippen LogP contribution in [0.4, 0.5) is 11.5 Å². The highest BCUT2D eigenvalue weighted by Crippen LogP contribution is 2.14. The van der Waals surface area contributed by atoms with Crippen molar-refractivity contribution in [3.05, 3.63) is 47.9 Å². The van der Waals surface area contributed by atoms with E-state index in [2.05, 4.69) is 15.3 Å². The Labute approximate surface area is 121 Å². The van der Waals surface area contributed by atoms with Crippen LogP contribution in [-0.4, -0.2) is 40.8 Å². The number of nitrogens with zero attached hydrogens (tertiary/aromatic N) is 3. The van der Waals surface area contributed by atoms with E-state index in [1.807, 2.05) is 0 Å². The average molecular weight is 285 g/mol. The molecular weight excluding hydrogens is 270 g/mol. The molecule has 1 aromatic heterocycles. The number of nitrogens with two attached hydrogens (primary N) is 1. The summed E-state index contributed by atoms with van der Waals surface area (Å²) in [7, 11) is 3.32. The van der Waals surface area contributed by atoms with E-state index in [4.69, 9.17) is 5.73 Å². The number of aromatic nitrogens is 2. The Bertz CT molecular complexity index is 685. The number of hydrogen-bond donors (Lipinski definition) is 2. The van der Waals surface area contributed by atoms with E-state index in [1.54, 1.807) is 38.4 Å². The van der Waals surface area contributed by atoms with Gasteiger partial charge in [0.25, 0.3) is 11.8 Å². The quantitative estimate of drug-likeness (QED) is 0.876. The van der Waals surface area contributed by atoms with Crippen molar-refractivity contribution in [1.29, 1.82) is 0 Å². The molecule has 0 aliphatic carbocycles. The lowest BCUT2D eigenvalue weighted by Gasteiger charge is -2.11. The number of nitrogen functional groups attached to an aromatic ring is 1. The third-order valence-corrected chi connectivity index (χ3v) is 2.72. The summed E-state index contributed by atoms with van der Waals surface area (Å²) in [5, 5.41) is 2.64. The predicted molar refractivity (Wildman–Crippen MR) is 78.9 cm³/mol. The molecule has 0 bridgehead atoms. The summed E-state index contributed by atoms with van der Waals surface area (Å²) in [6.45, 7) is 0. The zero-order chi connectivity index (χ0) is 15.4. The number of carbonyl (C=O) groups excluding carboxylic acids is 2. The number of benzene rings is 1. The molecule has 0 aliphatic heterocycles. The van der Waals surface area contributed by atoms with Crippen LogP contribution in [0.15, 0.2) is 36.7 Å². The van der Waals surface area contributed by atoms with Gasteiger partial charge in [-0.2, -0.15) is 0 Å². The van der Waals surface area contributed by atoms with Gasteiger partial charge in [0.15, 0.2) is 11.5 Å². The normalized spacial score (nSPS) is 10.0. The van der Waals surface area contributed by atoms with Crippen LogP contribution in [0.1, 0.15) is 20.8 Å². The minimum Gasteiger partial charge on any atom is -0.382 e. The number of hydrogen-bond acceptors (Lipinski definition) is 5. The number of amides is 2. The molecule has 2 amide bonds. The summed E-state index contributed by atoms with van der Waals surface area (Å²) in [5.74, 6) is -0.573. The van der Waals surface area contributed by atoms with Gasteiger partial charge in [0.2, 0.25) is 0 Å². The van der Waals surface area contributed by atoms with Gasteiger partial charge in [-0.25, -0.2) is 9.97 Å². The Hall–Kier alpha value is -2.96. The van der Waals surface area contributed by atoms with E-state index < -0.39 is 5.91 Å². The highest BCUT2D eigenvalue weighted by molar-refractivity contribution is 6.06. The van der Waals surface area contributed by atoms with Crippen molar-refractivity contribution in [2.45, 2.75) is 0 Å². The lowest BCUT2D eigenvalue weighted by molar-refractivity contribution is 0.0827. The van der Waals surface area contributed by atoms with Gasteiger partial charge in [0.1, 0.15) is 0 Å². The summed E-state index contributed by atoms with van der Waals surface area (Å²) in [6, 6.07) is 6.63. The van der Waals surface area contributed by atoms with E-state index >= 15 is 0 Å². The molecule has 0 saturated carbocycles. The molecule has 0 spiro atoms. The summed E-state index contributed by atoms with van der Waals surface area (Å²) in [6.07, 6.45) is 2.79. The van der Waals surface area contributed by atoms with Gasteiger partial charge in [-0.1, -0.05) is 6.07 Å². The molecule has 108 valence electrons. The monoisotopic (exact) mass is 285 g/mol. The van der Waals surface area contributed by atoms with Crippen molar-refractivity contribution in [1.82, 2.24) is 14.9 Å². The van der Waals surface area contributed by atoms with Crippen LogP contribution >= 0.6 is 0 Å². The lowest BCUT2D eigenvalue weighted by Crippen LogP contribution is -2.22. The maximum atomic E-state index is 12.1. The molecule has 0 atom stereocenters. The van der Waals surface area contributed by atoms with E-state index in [9.17, 15) is 9.59 Å². The first kappa shape index (κ1) is 14.4. The molecule has 0 unspecified atom stereocenters. The topological polar surface area (TPSA) is 101 Å². The number of anilines is 2. The van der Waals surface area contributed by atoms with Crippen molar-refractivity contribution < 1.29 is 9.59 Å². The fraction of sp³-hybridized carbons (Fsp3) is 0.143. The van der Waals surface area contributed by atoms with Crippen molar-refractivity contribution in [3.63, 3.8) is 0 Å². The van der Waals surface area contributed by atoms with E-state index in [0.29, 0.717) is 11.3 Å². The van der Waals surface area contributed by atoms with Crippen LogP contribution in [0.5, 0.6) is 0 Å². The van der Waals surface area contributed by atoms with Crippen molar-refractivity contribution in [2.75, 3.05) is 25.1 Å². The first-order valence-electron chi connectivity index (χ1n) is 6.18. The molecule has 0 saturated heterocycles. The van der Waals surface area contributed by atoms with Crippen molar-refractivity contribution >= 4 is 23.3 Å². The van der Waals surface area contributed by atoms with Gasteiger partial charge in [0, 0.05) is 37.7 Å². The van der Waals surface area contributed by atoms with Crippen LogP contribution in [0.25, 0.3) is 0 Å². The Kier molecular flexibility index (Phi) is 4.13. The molecular formula is C14H15N5O2. The van der Waals surface area contributed by atoms with Gasteiger partial charge in [-0.15, -0.1) is 0 Å². The summed E-state index contributed by atoms with van der Waals surface area (Å²) >= 11 is 0. The van der Waals surface area contributed by atoms with Gasteiger partial charge in [0.05, 0.1) is 0 Å². The highest BCUT2D eigenvalue weighted by atomic mass is 16.2. The minimum absolute atomic E-state index is 0.0434.